The lowest BCUT2D eigenvalue weighted by Crippen LogP contribution is -2.39. The SMILES string of the molecule is CCCCC(=O)CC(C)(C)OC(=O)N1CCSC1=S. The van der Waals surface area contributed by atoms with Gasteiger partial charge in [0.05, 0.1) is 0 Å². The summed E-state index contributed by atoms with van der Waals surface area (Å²) in [5.41, 5.74) is -0.773. The summed E-state index contributed by atoms with van der Waals surface area (Å²) in [6.45, 7) is 6.16. The van der Waals surface area contributed by atoms with Gasteiger partial charge in [0.1, 0.15) is 15.7 Å². The zero-order valence-electron chi connectivity index (χ0n) is 11.7. The van der Waals surface area contributed by atoms with Crippen molar-refractivity contribution in [3.63, 3.8) is 0 Å². The second kappa shape index (κ2) is 7.24. The van der Waals surface area contributed by atoms with Crippen LogP contribution in [0.5, 0.6) is 0 Å². The van der Waals surface area contributed by atoms with Gasteiger partial charge in [-0.05, 0) is 20.3 Å². The van der Waals surface area contributed by atoms with Crippen molar-refractivity contribution in [3.8, 4) is 0 Å². The third kappa shape index (κ3) is 5.48. The zero-order chi connectivity index (χ0) is 14.5. The molecule has 1 rings (SSSR count). The van der Waals surface area contributed by atoms with Crippen molar-refractivity contribution in [1.29, 1.82) is 0 Å². The van der Waals surface area contributed by atoms with Crippen molar-refractivity contribution < 1.29 is 14.3 Å². The molecule has 0 unspecified atom stereocenters. The van der Waals surface area contributed by atoms with E-state index in [0.29, 0.717) is 17.3 Å². The molecule has 0 saturated carbocycles. The normalized spacial score (nSPS) is 15.7. The molecule has 1 aliphatic rings. The van der Waals surface area contributed by atoms with E-state index in [2.05, 4.69) is 0 Å². The van der Waals surface area contributed by atoms with Crippen molar-refractivity contribution in [1.82, 2.24) is 4.90 Å². The lowest BCUT2D eigenvalue weighted by molar-refractivity contribution is -0.123. The second-order valence-electron chi connectivity index (χ2n) is 5.21. The minimum absolute atomic E-state index is 0.137. The average Bonchev–Trinajstić information content (AvgIpc) is 2.71. The molecule has 0 N–H and O–H groups in total. The van der Waals surface area contributed by atoms with Crippen LogP contribution in [0.2, 0.25) is 0 Å². The van der Waals surface area contributed by atoms with Crippen molar-refractivity contribution in [2.24, 2.45) is 0 Å². The molecular weight excluding hydrogens is 282 g/mol. The van der Waals surface area contributed by atoms with Crippen LogP contribution in [-0.4, -0.2) is 39.0 Å². The molecule has 4 nitrogen and oxygen atoms in total. The fourth-order valence-corrected chi connectivity index (χ4v) is 3.01. The van der Waals surface area contributed by atoms with E-state index >= 15 is 0 Å². The fourth-order valence-electron chi connectivity index (χ4n) is 1.82. The summed E-state index contributed by atoms with van der Waals surface area (Å²) in [6, 6.07) is 0. The van der Waals surface area contributed by atoms with Crippen molar-refractivity contribution in [2.45, 2.75) is 52.1 Å². The molecule has 0 atom stereocenters. The van der Waals surface area contributed by atoms with Gasteiger partial charge in [-0.15, -0.1) is 0 Å². The average molecular weight is 303 g/mol. The van der Waals surface area contributed by atoms with Crippen LogP contribution in [0, 0.1) is 0 Å². The number of amides is 1. The first-order chi connectivity index (χ1) is 8.85. The molecule has 0 bridgehead atoms. The molecule has 6 heteroatoms. The van der Waals surface area contributed by atoms with Crippen LogP contribution in [0.3, 0.4) is 0 Å². The number of hydrogen-bond acceptors (Lipinski definition) is 5. The van der Waals surface area contributed by atoms with Crippen molar-refractivity contribution >= 4 is 40.2 Å². The fraction of sp³-hybridized carbons (Fsp3) is 0.769. The minimum atomic E-state index is -0.773. The Kier molecular flexibility index (Phi) is 6.26. The third-order valence-corrected chi connectivity index (χ3v) is 4.20. The van der Waals surface area contributed by atoms with Gasteiger partial charge in [-0.25, -0.2) is 4.79 Å². The smallest absolute Gasteiger partial charge is 0.415 e. The van der Waals surface area contributed by atoms with Gasteiger partial charge in [0.25, 0.3) is 0 Å². The number of rotatable bonds is 6. The van der Waals surface area contributed by atoms with E-state index < -0.39 is 11.7 Å². The van der Waals surface area contributed by atoms with Gasteiger partial charge >= 0.3 is 6.09 Å². The molecule has 1 aliphatic heterocycles. The lowest BCUT2D eigenvalue weighted by atomic mass is 9.99. The predicted octanol–water partition coefficient (Wildman–Crippen LogP) is 3.38. The van der Waals surface area contributed by atoms with Gasteiger partial charge in [0.15, 0.2) is 0 Å². The summed E-state index contributed by atoms with van der Waals surface area (Å²) in [7, 11) is 0. The summed E-state index contributed by atoms with van der Waals surface area (Å²) in [5.74, 6) is 0.946. The molecule has 0 radical (unpaired) electrons. The first-order valence-corrected chi connectivity index (χ1v) is 7.94. The molecule has 0 aromatic rings. The quantitative estimate of drug-likeness (QED) is 0.704. The van der Waals surface area contributed by atoms with Crippen LogP contribution >= 0.6 is 24.0 Å². The summed E-state index contributed by atoms with van der Waals surface area (Å²) in [5, 5.41) is 0. The Morgan fingerprint density at radius 1 is 1.47 bits per heavy atom. The molecule has 0 aliphatic carbocycles. The number of unbranched alkanes of at least 4 members (excludes halogenated alkanes) is 1. The van der Waals surface area contributed by atoms with E-state index in [4.69, 9.17) is 17.0 Å². The largest absolute Gasteiger partial charge is 0.443 e. The topological polar surface area (TPSA) is 46.6 Å². The Labute approximate surface area is 124 Å². The lowest BCUT2D eigenvalue weighted by Gasteiger charge is -2.27. The Bertz CT molecular complexity index is 369. The van der Waals surface area contributed by atoms with Crippen LogP contribution in [0.15, 0.2) is 0 Å². The standard InChI is InChI=1S/C13H21NO3S2/c1-4-5-6-10(15)9-13(2,3)17-11(16)14-7-8-19-12(14)18/h4-9H2,1-3H3. The van der Waals surface area contributed by atoms with Gasteiger partial charge in [-0.2, -0.15) is 0 Å². The number of carbonyl (C=O) groups is 2. The Morgan fingerprint density at radius 3 is 2.68 bits per heavy atom. The Morgan fingerprint density at radius 2 is 2.16 bits per heavy atom. The summed E-state index contributed by atoms with van der Waals surface area (Å²) < 4.78 is 5.96. The predicted molar refractivity (Wildman–Crippen MR) is 81.5 cm³/mol. The van der Waals surface area contributed by atoms with Crippen LogP contribution in [0.1, 0.15) is 46.5 Å². The maximum Gasteiger partial charge on any atom is 0.415 e. The molecule has 0 aromatic heterocycles. The van der Waals surface area contributed by atoms with Crippen LogP contribution in [0.25, 0.3) is 0 Å². The van der Waals surface area contributed by atoms with E-state index in [1.165, 1.54) is 16.7 Å². The summed E-state index contributed by atoms with van der Waals surface area (Å²) >= 11 is 6.55. The highest BCUT2D eigenvalue weighted by molar-refractivity contribution is 8.23. The van der Waals surface area contributed by atoms with Crippen molar-refractivity contribution in [2.75, 3.05) is 12.3 Å². The van der Waals surface area contributed by atoms with E-state index in [0.717, 1.165) is 18.6 Å². The highest BCUT2D eigenvalue weighted by atomic mass is 32.2. The number of ketones is 1. The number of nitrogens with zero attached hydrogens (tertiary/aromatic N) is 1. The van der Waals surface area contributed by atoms with E-state index in [1.54, 1.807) is 13.8 Å². The zero-order valence-corrected chi connectivity index (χ0v) is 13.4. The van der Waals surface area contributed by atoms with Gasteiger partial charge in [-0.3, -0.25) is 9.69 Å². The molecule has 108 valence electrons. The van der Waals surface area contributed by atoms with E-state index in [-0.39, 0.29) is 12.2 Å². The highest BCUT2D eigenvalue weighted by Gasteiger charge is 2.32. The first-order valence-electron chi connectivity index (χ1n) is 6.54. The Balaban J connectivity index is 2.46. The number of Topliss-reactive ketones (excluding diaryl/α,β-unsaturated/α-hetero) is 1. The van der Waals surface area contributed by atoms with Crippen LogP contribution in [-0.2, 0) is 9.53 Å². The number of ether oxygens (including phenoxy) is 1. The molecule has 1 heterocycles. The number of thioether (sulfide) groups is 1. The molecule has 1 fully saturated rings. The number of carbonyl (C=O) groups excluding carboxylic acids is 2. The van der Waals surface area contributed by atoms with Gasteiger partial charge < -0.3 is 4.74 Å². The van der Waals surface area contributed by atoms with Gasteiger partial charge in [0.2, 0.25) is 0 Å². The second-order valence-corrected chi connectivity index (χ2v) is 6.94. The van der Waals surface area contributed by atoms with E-state index in [1.807, 2.05) is 6.92 Å². The Hall–Kier alpha value is -0.620. The molecule has 0 spiro atoms. The molecule has 1 saturated heterocycles. The van der Waals surface area contributed by atoms with Crippen LogP contribution in [0.4, 0.5) is 4.79 Å². The number of thiocarbonyl (C=S) groups is 1. The first kappa shape index (κ1) is 16.4. The maximum atomic E-state index is 12.0. The summed E-state index contributed by atoms with van der Waals surface area (Å²) in [6.07, 6.45) is 2.24. The highest BCUT2D eigenvalue weighted by Crippen LogP contribution is 2.23. The van der Waals surface area contributed by atoms with Gasteiger partial charge in [0, 0.05) is 25.1 Å². The van der Waals surface area contributed by atoms with Crippen LogP contribution < -0.4 is 0 Å². The monoisotopic (exact) mass is 303 g/mol. The summed E-state index contributed by atoms with van der Waals surface area (Å²) in [4.78, 5) is 25.2. The number of hydrogen-bond donors (Lipinski definition) is 0. The van der Waals surface area contributed by atoms with E-state index in [9.17, 15) is 9.59 Å². The molecular formula is C13H21NO3S2. The third-order valence-electron chi connectivity index (χ3n) is 2.78. The maximum absolute atomic E-state index is 12.0. The van der Waals surface area contributed by atoms with Crippen molar-refractivity contribution in [3.05, 3.63) is 0 Å². The molecule has 0 aromatic carbocycles. The molecule has 1 amide bonds. The molecule has 19 heavy (non-hydrogen) atoms. The van der Waals surface area contributed by atoms with Gasteiger partial charge in [-0.1, -0.05) is 37.3 Å². The minimum Gasteiger partial charge on any atom is -0.443 e.